The van der Waals surface area contributed by atoms with Gasteiger partial charge in [0.25, 0.3) is 0 Å². The van der Waals surface area contributed by atoms with E-state index in [0.29, 0.717) is 16.6 Å². The van der Waals surface area contributed by atoms with Crippen LogP contribution in [0.3, 0.4) is 0 Å². The number of nitriles is 1. The Labute approximate surface area is 132 Å². The van der Waals surface area contributed by atoms with E-state index in [-0.39, 0.29) is 12.1 Å². The molecule has 0 bridgehead atoms. The van der Waals surface area contributed by atoms with Crippen LogP contribution in [0.1, 0.15) is 47.9 Å². The number of anilines is 1. The molecule has 2 amide bonds. The molecule has 0 aliphatic heterocycles. The third-order valence-electron chi connectivity index (χ3n) is 3.48. The number of hydrogen-bond acceptors (Lipinski definition) is 5. The molecule has 3 rings (SSSR count). The monoisotopic (exact) mass is 313 g/mol. The average molecular weight is 313 g/mol. The molecule has 1 aliphatic rings. The lowest BCUT2D eigenvalue weighted by molar-refractivity contribution is 0.249. The van der Waals surface area contributed by atoms with Crippen molar-refractivity contribution in [2.24, 2.45) is 0 Å². The van der Waals surface area contributed by atoms with Crippen molar-refractivity contribution < 1.29 is 4.79 Å². The molecule has 1 saturated carbocycles. The Morgan fingerprint density at radius 1 is 1.36 bits per heavy atom. The Balaban J connectivity index is 1.56. The largest absolute Gasteiger partial charge is 0.331 e. The highest BCUT2D eigenvalue weighted by Gasteiger charge is 2.27. The van der Waals surface area contributed by atoms with Crippen molar-refractivity contribution in [3.05, 3.63) is 40.4 Å². The number of urea groups is 1. The van der Waals surface area contributed by atoms with Gasteiger partial charge in [0.05, 0.1) is 17.7 Å². The second-order valence-corrected chi connectivity index (χ2v) is 6.28. The van der Waals surface area contributed by atoms with Crippen LogP contribution < -0.4 is 10.6 Å². The number of amides is 2. The molecule has 112 valence electrons. The van der Waals surface area contributed by atoms with E-state index in [4.69, 9.17) is 5.26 Å². The van der Waals surface area contributed by atoms with Gasteiger partial charge in [-0.3, -0.25) is 5.32 Å². The van der Waals surface area contributed by atoms with Gasteiger partial charge in [0, 0.05) is 5.92 Å². The highest BCUT2D eigenvalue weighted by molar-refractivity contribution is 7.15. The third-order valence-corrected chi connectivity index (χ3v) is 4.48. The molecule has 0 saturated heterocycles. The lowest BCUT2D eigenvalue weighted by Crippen LogP contribution is -2.31. The first-order valence-corrected chi connectivity index (χ1v) is 7.88. The van der Waals surface area contributed by atoms with Crippen molar-refractivity contribution >= 4 is 22.5 Å². The summed E-state index contributed by atoms with van der Waals surface area (Å²) in [5, 5.41) is 23.9. The zero-order chi connectivity index (χ0) is 15.5. The quantitative estimate of drug-likeness (QED) is 0.907. The van der Waals surface area contributed by atoms with E-state index in [1.807, 2.05) is 19.1 Å². The normalized spacial score (nSPS) is 14.9. The van der Waals surface area contributed by atoms with Crippen molar-refractivity contribution in [1.29, 1.82) is 5.26 Å². The summed E-state index contributed by atoms with van der Waals surface area (Å²) in [6.45, 7) is 1.89. The van der Waals surface area contributed by atoms with Crippen LogP contribution in [0.25, 0.3) is 0 Å². The molecule has 22 heavy (non-hydrogen) atoms. The highest BCUT2D eigenvalue weighted by atomic mass is 32.1. The number of nitrogens with zero attached hydrogens (tertiary/aromatic N) is 3. The zero-order valence-corrected chi connectivity index (χ0v) is 12.9. The van der Waals surface area contributed by atoms with Gasteiger partial charge in [0.1, 0.15) is 5.01 Å². The Hall–Kier alpha value is -2.46. The van der Waals surface area contributed by atoms with E-state index >= 15 is 0 Å². The van der Waals surface area contributed by atoms with E-state index in [1.165, 1.54) is 11.3 Å². The summed E-state index contributed by atoms with van der Waals surface area (Å²) in [7, 11) is 0. The second-order valence-electron chi connectivity index (χ2n) is 5.27. The standard InChI is InChI=1S/C15H15N5OS/c1-9(11-4-2-10(8-16)3-5-11)17-14(21)18-15-20-19-13(22-15)12-6-7-12/h2-5,9,12H,6-7H2,1H3,(H2,17,18,20,21)/t9-/m0/s1. The minimum absolute atomic E-state index is 0.163. The van der Waals surface area contributed by atoms with Crippen LogP contribution in [0.5, 0.6) is 0 Å². The lowest BCUT2D eigenvalue weighted by Gasteiger charge is -2.14. The summed E-state index contributed by atoms with van der Waals surface area (Å²) in [6, 6.07) is 8.73. The van der Waals surface area contributed by atoms with E-state index in [2.05, 4.69) is 26.9 Å². The first-order valence-electron chi connectivity index (χ1n) is 7.06. The number of nitrogens with one attached hydrogen (secondary N) is 2. The molecule has 6 nitrogen and oxygen atoms in total. The molecule has 0 radical (unpaired) electrons. The van der Waals surface area contributed by atoms with Crippen molar-refractivity contribution in [3.63, 3.8) is 0 Å². The first kappa shape index (κ1) is 14.5. The molecule has 7 heteroatoms. The number of rotatable bonds is 4. The maximum absolute atomic E-state index is 12.0. The van der Waals surface area contributed by atoms with E-state index in [9.17, 15) is 4.79 Å². The molecule has 1 aliphatic carbocycles. The summed E-state index contributed by atoms with van der Waals surface area (Å²) in [4.78, 5) is 12.0. The number of carbonyl (C=O) groups excluding carboxylic acids is 1. The van der Waals surface area contributed by atoms with Crippen molar-refractivity contribution in [2.45, 2.75) is 31.7 Å². The van der Waals surface area contributed by atoms with Crippen LogP contribution in [-0.4, -0.2) is 16.2 Å². The van der Waals surface area contributed by atoms with Crippen LogP contribution in [0.2, 0.25) is 0 Å². The topological polar surface area (TPSA) is 90.7 Å². The number of hydrogen-bond donors (Lipinski definition) is 2. The molecule has 2 N–H and O–H groups in total. The van der Waals surface area contributed by atoms with Crippen molar-refractivity contribution in [3.8, 4) is 6.07 Å². The highest BCUT2D eigenvalue weighted by Crippen LogP contribution is 2.42. The molecule has 2 aromatic rings. The second kappa shape index (κ2) is 6.12. The average Bonchev–Trinajstić information content (AvgIpc) is 3.27. The Kier molecular flexibility index (Phi) is 4.02. The molecular formula is C15H15N5OS. The molecule has 0 spiro atoms. The molecule has 1 atom stereocenters. The van der Waals surface area contributed by atoms with Crippen LogP contribution in [0, 0.1) is 11.3 Å². The fraction of sp³-hybridized carbons (Fsp3) is 0.333. The summed E-state index contributed by atoms with van der Waals surface area (Å²) in [5.41, 5.74) is 1.53. The smallest absolute Gasteiger partial charge is 0.321 e. The van der Waals surface area contributed by atoms with Crippen LogP contribution in [0.15, 0.2) is 24.3 Å². The van der Waals surface area contributed by atoms with E-state index in [1.54, 1.807) is 12.1 Å². The zero-order valence-electron chi connectivity index (χ0n) is 12.0. The molecule has 1 aromatic heterocycles. The van der Waals surface area contributed by atoms with E-state index in [0.717, 1.165) is 23.4 Å². The van der Waals surface area contributed by atoms with Gasteiger partial charge >= 0.3 is 6.03 Å². The van der Waals surface area contributed by atoms with Crippen LogP contribution in [0.4, 0.5) is 9.93 Å². The van der Waals surface area contributed by atoms with Gasteiger partial charge in [-0.15, -0.1) is 10.2 Å². The molecule has 0 unspecified atom stereocenters. The SMILES string of the molecule is C[C@H](NC(=O)Nc1nnc(C2CC2)s1)c1ccc(C#N)cc1. The van der Waals surface area contributed by atoms with Gasteiger partial charge in [-0.05, 0) is 37.5 Å². The Bertz CT molecular complexity index is 714. The van der Waals surface area contributed by atoms with Gasteiger partial charge in [-0.2, -0.15) is 5.26 Å². The Morgan fingerprint density at radius 2 is 2.09 bits per heavy atom. The molecular weight excluding hydrogens is 298 g/mol. The molecule has 1 heterocycles. The maximum atomic E-state index is 12.0. The summed E-state index contributed by atoms with van der Waals surface area (Å²) in [6.07, 6.45) is 2.33. The predicted octanol–water partition coefficient (Wildman–Crippen LogP) is 3.17. The lowest BCUT2D eigenvalue weighted by atomic mass is 10.1. The predicted molar refractivity (Wildman–Crippen MR) is 83.6 cm³/mol. The third kappa shape index (κ3) is 3.40. The van der Waals surface area contributed by atoms with Crippen LogP contribution in [-0.2, 0) is 0 Å². The fourth-order valence-corrected chi connectivity index (χ4v) is 2.95. The van der Waals surface area contributed by atoms with Crippen molar-refractivity contribution in [2.75, 3.05) is 5.32 Å². The minimum Gasteiger partial charge on any atom is -0.331 e. The van der Waals surface area contributed by atoms with Gasteiger partial charge in [0.2, 0.25) is 5.13 Å². The summed E-state index contributed by atoms with van der Waals surface area (Å²) < 4.78 is 0. The number of carbonyl (C=O) groups is 1. The number of aromatic nitrogens is 2. The van der Waals surface area contributed by atoms with Gasteiger partial charge < -0.3 is 5.32 Å². The van der Waals surface area contributed by atoms with Crippen LogP contribution >= 0.6 is 11.3 Å². The van der Waals surface area contributed by atoms with Crippen molar-refractivity contribution in [1.82, 2.24) is 15.5 Å². The first-order chi connectivity index (χ1) is 10.7. The Morgan fingerprint density at radius 3 is 2.73 bits per heavy atom. The minimum atomic E-state index is -0.310. The summed E-state index contributed by atoms with van der Waals surface area (Å²) >= 11 is 1.43. The maximum Gasteiger partial charge on any atom is 0.321 e. The van der Waals surface area contributed by atoms with Gasteiger partial charge in [0.15, 0.2) is 0 Å². The summed E-state index contributed by atoms with van der Waals surface area (Å²) in [5.74, 6) is 0.536. The number of benzene rings is 1. The van der Waals surface area contributed by atoms with E-state index < -0.39 is 0 Å². The fourth-order valence-electron chi connectivity index (χ4n) is 2.04. The molecule has 1 aromatic carbocycles. The molecule has 1 fully saturated rings. The van der Waals surface area contributed by atoms with Gasteiger partial charge in [-0.25, -0.2) is 4.79 Å². The van der Waals surface area contributed by atoms with Gasteiger partial charge in [-0.1, -0.05) is 23.5 Å².